The fourth-order valence-corrected chi connectivity index (χ4v) is 2.34. The van der Waals surface area contributed by atoms with Gasteiger partial charge in [0.25, 0.3) is 5.91 Å². The van der Waals surface area contributed by atoms with E-state index in [1.54, 1.807) is 19.9 Å². The summed E-state index contributed by atoms with van der Waals surface area (Å²) in [6.07, 6.45) is 1.11. The number of phenols is 1. The number of nitro groups is 2. The number of carbonyl (C=O) groups excluding carboxylic acids is 1. The van der Waals surface area contributed by atoms with Gasteiger partial charge in [-0.25, -0.2) is 5.43 Å². The molecule has 1 amide bonds. The van der Waals surface area contributed by atoms with E-state index in [0.29, 0.717) is 5.56 Å². The molecule has 0 aliphatic heterocycles. The Morgan fingerprint density at radius 2 is 1.83 bits per heavy atom. The molecular formula is C18H18N4O8. The fourth-order valence-electron chi connectivity index (χ4n) is 2.34. The van der Waals surface area contributed by atoms with Crippen molar-refractivity contribution in [3.8, 4) is 17.2 Å². The van der Waals surface area contributed by atoms with Crippen LogP contribution in [0.1, 0.15) is 18.1 Å². The molecule has 2 aromatic carbocycles. The highest BCUT2D eigenvalue weighted by Gasteiger charge is 2.20. The first-order valence-corrected chi connectivity index (χ1v) is 8.56. The second kappa shape index (κ2) is 9.82. The van der Waals surface area contributed by atoms with Gasteiger partial charge in [-0.15, -0.1) is 0 Å². The van der Waals surface area contributed by atoms with Gasteiger partial charge in [-0.3, -0.25) is 25.0 Å². The number of carbonyl (C=O) groups is 1. The minimum atomic E-state index is -0.782. The van der Waals surface area contributed by atoms with Gasteiger partial charge in [-0.2, -0.15) is 5.10 Å². The van der Waals surface area contributed by atoms with Gasteiger partial charge in [0.05, 0.1) is 22.7 Å². The number of hydrogen-bond donors (Lipinski definition) is 2. The van der Waals surface area contributed by atoms with Crippen molar-refractivity contribution in [2.24, 2.45) is 5.10 Å². The van der Waals surface area contributed by atoms with Gasteiger partial charge in [-0.05, 0) is 31.5 Å². The third-order valence-corrected chi connectivity index (χ3v) is 3.65. The Morgan fingerprint density at radius 3 is 2.47 bits per heavy atom. The maximum atomic E-state index is 11.9. The second-order valence-corrected chi connectivity index (χ2v) is 5.89. The van der Waals surface area contributed by atoms with Crippen molar-refractivity contribution in [2.45, 2.75) is 13.8 Å². The lowest BCUT2D eigenvalue weighted by atomic mass is 10.2. The van der Waals surface area contributed by atoms with Gasteiger partial charge in [0.1, 0.15) is 0 Å². The summed E-state index contributed by atoms with van der Waals surface area (Å²) < 4.78 is 10.3. The molecule has 2 aromatic rings. The van der Waals surface area contributed by atoms with E-state index < -0.39 is 33.8 Å². The average molecular weight is 418 g/mol. The molecule has 0 saturated carbocycles. The van der Waals surface area contributed by atoms with Crippen molar-refractivity contribution >= 4 is 23.5 Å². The summed E-state index contributed by atoms with van der Waals surface area (Å²) in [5, 5.41) is 35.6. The van der Waals surface area contributed by atoms with Gasteiger partial charge in [0, 0.05) is 17.7 Å². The summed E-state index contributed by atoms with van der Waals surface area (Å²) >= 11 is 0. The highest BCUT2D eigenvalue weighted by atomic mass is 16.6. The van der Waals surface area contributed by atoms with E-state index in [0.717, 1.165) is 12.3 Å². The smallest absolute Gasteiger partial charge is 0.315 e. The number of aromatic hydroxyl groups is 1. The molecule has 30 heavy (non-hydrogen) atoms. The SMILES string of the molecule is CCOc1cc(/C=N/NC(=O)COc2ccc(C)cc2[N+](=O)[O-])cc([N+](=O)[O-])c1O. The van der Waals surface area contributed by atoms with Crippen LogP contribution in [-0.2, 0) is 4.79 Å². The largest absolute Gasteiger partial charge is 0.500 e. The van der Waals surface area contributed by atoms with E-state index in [1.165, 1.54) is 18.2 Å². The molecule has 0 radical (unpaired) electrons. The van der Waals surface area contributed by atoms with Crippen molar-refractivity contribution in [1.29, 1.82) is 0 Å². The topological polar surface area (TPSA) is 166 Å². The number of nitrogens with zero attached hydrogens (tertiary/aromatic N) is 3. The number of nitrogens with one attached hydrogen (secondary N) is 1. The van der Waals surface area contributed by atoms with Crippen LogP contribution in [0.4, 0.5) is 11.4 Å². The molecule has 0 aromatic heterocycles. The van der Waals surface area contributed by atoms with E-state index in [2.05, 4.69) is 10.5 Å². The monoisotopic (exact) mass is 418 g/mol. The maximum absolute atomic E-state index is 11.9. The van der Waals surface area contributed by atoms with Gasteiger partial charge in [0.15, 0.2) is 18.1 Å². The molecule has 0 atom stereocenters. The lowest BCUT2D eigenvalue weighted by molar-refractivity contribution is -0.386. The van der Waals surface area contributed by atoms with E-state index in [-0.39, 0.29) is 29.4 Å². The molecule has 0 spiro atoms. The Labute approximate surface area is 170 Å². The van der Waals surface area contributed by atoms with E-state index in [4.69, 9.17) is 9.47 Å². The molecule has 12 heteroatoms. The summed E-state index contributed by atoms with van der Waals surface area (Å²) in [4.78, 5) is 32.5. The zero-order valence-corrected chi connectivity index (χ0v) is 16.0. The number of hydrazone groups is 1. The van der Waals surface area contributed by atoms with Crippen LogP contribution < -0.4 is 14.9 Å². The molecule has 158 valence electrons. The van der Waals surface area contributed by atoms with Crippen LogP contribution in [-0.4, -0.2) is 40.3 Å². The van der Waals surface area contributed by atoms with Crippen molar-refractivity contribution in [3.63, 3.8) is 0 Å². The van der Waals surface area contributed by atoms with Crippen LogP contribution in [0.25, 0.3) is 0 Å². The molecule has 2 rings (SSSR count). The first-order valence-electron chi connectivity index (χ1n) is 8.56. The number of benzene rings is 2. The standard InChI is InChI=1S/C18H18N4O8/c1-3-29-16-8-12(7-14(18(16)24)22(27)28)9-19-20-17(23)10-30-15-5-4-11(2)6-13(15)21(25)26/h4-9,24H,3,10H2,1-2H3,(H,20,23)/b19-9+. The molecule has 0 saturated heterocycles. The van der Waals surface area contributed by atoms with Crippen molar-refractivity contribution < 1.29 is 29.2 Å². The fraction of sp³-hybridized carbons (Fsp3) is 0.222. The minimum absolute atomic E-state index is 0.0692. The van der Waals surface area contributed by atoms with Gasteiger partial charge in [0.2, 0.25) is 5.75 Å². The molecule has 12 nitrogen and oxygen atoms in total. The summed E-state index contributed by atoms with van der Waals surface area (Å²) in [6, 6.07) is 6.67. The predicted molar refractivity (Wildman–Crippen MR) is 105 cm³/mol. The number of phenolic OH excluding ortho intramolecular Hbond substituents is 1. The average Bonchev–Trinajstić information content (AvgIpc) is 2.69. The minimum Gasteiger partial charge on any atom is -0.500 e. The first kappa shape index (κ1) is 22.1. The first-order chi connectivity index (χ1) is 14.2. The summed E-state index contributed by atoms with van der Waals surface area (Å²) in [5.41, 5.74) is 2.14. The van der Waals surface area contributed by atoms with Crippen LogP contribution in [0.3, 0.4) is 0 Å². The molecule has 0 heterocycles. The maximum Gasteiger partial charge on any atom is 0.315 e. The van der Waals surface area contributed by atoms with Crippen molar-refractivity contribution in [2.75, 3.05) is 13.2 Å². The van der Waals surface area contributed by atoms with E-state index >= 15 is 0 Å². The Kier molecular flexibility index (Phi) is 7.22. The third kappa shape index (κ3) is 5.64. The van der Waals surface area contributed by atoms with Crippen LogP contribution in [0, 0.1) is 27.2 Å². The molecular weight excluding hydrogens is 400 g/mol. The number of hydrogen-bond acceptors (Lipinski definition) is 9. The number of amides is 1. The molecule has 0 aliphatic rings. The highest BCUT2D eigenvalue weighted by molar-refractivity contribution is 5.85. The highest BCUT2D eigenvalue weighted by Crippen LogP contribution is 2.36. The summed E-state index contributed by atoms with van der Waals surface area (Å²) in [6.45, 7) is 2.96. The molecule has 0 fully saturated rings. The van der Waals surface area contributed by atoms with Gasteiger partial charge >= 0.3 is 11.4 Å². The Balaban J connectivity index is 2.05. The molecule has 2 N–H and O–H groups in total. The number of nitro benzene ring substituents is 2. The normalized spacial score (nSPS) is 10.6. The van der Waals surface area contributed by atoms with Gasteiger partial charge in [-0.1, -0.05) is 6.07 Å². The summed E-state index contributed by atoms with van der Waals surface area (Å²) in [5.74, 6) is -1.50. The van der Waals surface area contributed by atoms with Crippen LogP contribution in [0.2, 0.25) is 0 Å². The van der Waals surface area contributed by atoms with Crippen LogP contribution in [0.15, 0.2) is 35.4 Å². The zero-order valence-electron chi connectivity index (χ0n) is 16.0. The lowest BCUT2D eigenvalue weighted by Gasteiger charge is -2.07. The van der Waals surface area contributed by atoms with Gasteiger partial charge < -0.3 is 14.6 Å². The second-order valence-electron chi connectivity index (χ2n) is 5.89. The lowest BCUT2D eigenvalue weighted by Crippen LogP contribution is -2.24. The van der Waals surface area contributed by atoms with Crippen LogP contribution in [0.5, 0.6) is 17.2 Å². The third-order valence-electron chi connectivity index (χ3n) is 3.65. The van der Waals surface area contributed by atoms with Crippen molar-refractivity contribution in [3.05, 3.63) is 61.7 Å². The Morgan fingerprint density at radius 1 is 1.13 bits per heavy atom. The number of aryl methyl sites for hydroxylation is 1. The summed E-state index contributed by atoms with van der Waals surface area (Å²) in [7, 11) is 0. The Hall–Kier alpha value is -4.22. The Bertz CT molecular complexity index is 1010. The number of rotatable bonds is 9. The molecule has 0 aliphatic carbocycles. The van der Waals surface area contributed by atoms with E-state index in [9.17, 15) is 30.1 Å². The number of ether oxygens (including phenoxy) is 2. The molecule has 0 bridgehead atoms. The quantitative estimate of drug-likeness (QED) is 0.356. The van der Waals surface area contributed by atoms with Crippen molar-refractivity contribution in [1.82, 2.24) is 5.43 Å². The van der Waals surface area contributed by atoms with E-state index in [1.807, 2.05) is 0 Å². The predicted octanol–water partition coefficient (Wildman–Crippen LogP) is 2.44. The zero-order chi connectivity index (χ0) is 22.3. The van der Waals surface area contributed by atoms with Crippen LogP contribution >= 0.6 is 0 Å². The molecule has 0 unspecified atom stereocenters.